The summed E-state index contributed by atoms with van der Waals surface area (Å²) in [5.74, 6) is 0. The topological polar surface area (TPSA) is 22.0 Å². The molecule has 0 N–H and O–H groups in total. The van der Waals surface area contributed by atoms with Crippen molar-refractivity contribution in [2.24, 2.45) is 0 Å². The van der Waals surface area contributed by atoms with Gasteiger partial charge in [0, 0.05) is 17.5 Å². The number of rotatable bonds is 3. The van der Waals surface area contributed by atoms with Gasteiger partial charge in [-0.1, -0.05) is 36.4 Å². The van der Waals surface area contributed by atoms with Crippen molar-refractivity contribution in [2.45, 2.75) is 6.54 Å². The quantitative estimate of drug-likeness (QED) is 0.623. The lowest BCUT2D eigenvalue weighted by Gasteiger charge is -2.04. The van der Waals surface area contributed by atoms with E-state index >= 15 is 0 Å². The molecule has 0 unspecified atom stereocenters. The number of benzene rings is 1. The van der Waals surface area contributed by atoms with E-state index in [4.69, 9.17) is 12.2 Å². The third-order valence-electron chi connectivity index (χ3n) is 2.31. The van der Waals surface area contributed by atoms with Gasteiger partial charge in [0.25, 0.3) is 5.56 Å². The van der Waals surface area contributed by atoms with Gasteiger partial charge in [0.1, 0.15) is 0 Å². The van der Waals surface area contributed by atoms with E-state index in [0.717, 1.165) is 10.4 Å². The predicted molar refractivity (Wildman–Crippen MR) is 75.0 cm³/mol. The highest BCUT2D eigenvalue weighted by Crippen LogP contribution is 2.22. The molecule has 0 bridgehead atoms. The van der Waals surface area contributed by atoms with Gasteiger partial charge in [-0.2, -0.15) is 0 Å². The molecule has 0 saturated carbocycles. The zero-order valence-electron chi connectivity index (χ0n) is 9.13. The van der Waals surface area contributed by atoms with Crippen LogP contribution in [0.2, 0.25) is 0 Å². The molecule has 0 aliphatic carbocycles. The van der Waals surface area contributed by atoms with Crippen LogP contribution in [0.15, 0.2) is 53.8 Å². The van der Waals surface area contributed by atoms with Crippen LogP contribution in [0.3, 0.4) is 0 Å². The zero-order valence-corrected chi connectivity index (χ0v) is 10.8. The maximum Gasteiger partial charge on any atom is 0.253 e. The summed E-state index contributed by atoms with van der Waals surface area (Å²) < 4.78 is 2.12. The van der Waals surface area contributed by atoms with Gasteiger partial charge in [0.15, 0.2) is 3.95 Å². The predicted octanol–water partition coefficient (Wildman–Crippen LogP) is 3.49. The van der Waals surface area contributed by atoms with E-state index in [9.17, 15) is 4.79 Å². The molecule has 2 rings (SSSR count). The van der Waals surface area contributed by atoms with Gasteiger partial charge >= 0.3 is 0 Å². The molecular weight excluding hydrogens is 250 g/mol. The first-order chi connectivity index (χ1) is 8.22. The maximum atomic E-state index is 11.9. The molecule has 17 heavy (non-hydrogen) atoms. The van der Waals surface area contributed by atoms with Gasteiger partial charge in [0.2, 0.25) is 0 Å². The van der Waals surface area contributed by atoms with Gasteiger partial charge in [-0.05, 0) is 17.8 Å². The highest BCUT2D eigenvalue weighted by Gasteiger charge is 2.03. The molecule has 1 aromatic heterocycles. The second-order valence-corrected chi connectivity index (χ2v) is 5.16. The minimum atomic E-state index is -0.0764. The number of nitrogens with zero attached hydrogens (tertiary/aromatic N) is 1. The summed E-state index contributed by atoms with van der Waals surface area (Å²) in [4.78, 5) is 12.8. The van der Waals surface area contributed by atoms with Gasteiger partial charge in [-0.3, -0.25) is 9.36 Å². The highest BCUT2D eigenvalue weighted by molar-refractivity contribution is 7.73. The average Bonchev–Trinajstić information content (AvgIpc) is 2.35. The second-order valence-electron chi connectivity index (χ2n) is 3.48. The van der Waals surface area contributed by atoms with E-state index in [1.807, 2.05) is 30.3 Å². The molecule has 0 aliphatic heterocycles. The highest BCUT2D eigenvalue weighted by atomic mass is 32.1. The van der Waals surface area contributed by atoms with Gasteiger partial charge < -0.3 is 0 Å². The molecule has 2 aromatic rings. The number of allylic oxidation sites excluding steroid dienone is 1. The van der Waals surface area contributed by atoms with Crippen LogP contribution >= 0.6 is 23.6 Å². The van der Waals surface area contributed by atoms with Gasteiger partial charge in [-0.15, -0.1) is 17.9 Å². The minimum absolute atomic E-state index is 0.0764. The number of hydrogen-bond acceptors (Lipinski definition) is 3. The Morgan fingerprint density at radius 2 is 2.06 bits per heavy atom. The number of hydrogen-bond donors (Lipinski definition) is 0. The molecule has 0 spiro atoms. The SMILES string of the molecule is C=CCn1c(=O)cc(-c2ccccc2)sc1=S. The molecule has 0 radical (unpaired) electrons. The first-order valence-electron chi connectivity index (χ1n) is 5.13. The van der Waals surface area contributed by atoms with E-state index in [1.54, 1.807) is 16.7 Å². The van der Waals surface area contributed by atoms with Crippen molar-refractivity contribution in [3.8, 4) is 10.4 Å². The van der Waals surface area contributed by atoms with Crippen molar-refractivity contribution in [1.82, 2.24) is 4.57 Å². The van der Waals surface area contributed by atoms with E-state index in [1.165, 1.54) is 11.3 Å². The molecule has 0 aliphatic rings. The normalized spacial score (nSPS) is 10.1. The van der Waals surface area contributed by atoms with Gasteiger partial charge in [-0.25, -0.2) is 0 Å². The minimum Gasteiger partial charge on any atom is -0.287 e. The van der Waals surface area contributed by atoms with Crippen LogP contribution in [0.5, 0.6) is 0 Å². The lowest BCUT2D eigenvalue weighted by molar-refractivity contribution is 0.783. The lowest BCUT2D eigenvalue weighted by Crippen LogP contribution is -2.18. The van der Waals surface area contributed by atoms with Crippen LogP contribution in [0.4, 0.5) is 0 Å². The second kappa shape index (κ2) is 5.21. The molecule has 1 heterocycles. The Morgan fingerprint density at radius 3 is 2.65 bits per heavy atom. The van der Waals surface area contributed by atoms with Crippen molar-refractivity contribution in [2.75, 3.05) is 0 Å². The Morgan fingerprint density at radius 1 is 1.35 bits per heavy atom. The van der Waals surface area contributed by atoms with E-state index < -0.39 is 0 Å². The Hall–Kier alpha value is -1.52. The summed E-state index contributed by atoms with van der Waals surface area (Å²) in [7, 11) is 0. The van der Waals surface area contributed by atoms with E-state index in [2.05, 4.69) is 6.58 Å². The zero-order chi connectivity index (χ0) is 12.3. The van der Waals surface area contributed by atoms with Crippen molar-refractivity contribution >= 4 is 23.6 Å². The van der Waals surface area contributed by atoms with Crippen LogP contribution in [-0.2, 0) is 6.54 Å². The van der Waals surface area contributed by atoms with Gasteiger partial charge in [0.05, 0.1) is 0 Å². The summed E-state index contributed by atoms with van der Waals surface area (Å²) in [6, 6.07) is 11.4. The monoisotopic (exact) mass is 261 g/mol. The first kappa shape index (κ1) is 12.0. The molecule has 0 fully saturated rings. The molecule has 2 nitrogen and oxygen atoms in total. The Kier molecular flexibility index (Phi) is 3.66. The molecule has 0 saturated heterocycles. The lowest BCUT2D eigenvalue weighted by atomic mass is 10.2. The number of aromatic nitrogens is 1. The third kappa shape index (κ3) is 2.60. The van der Waals surface area contributed by atoms with Crippen molar-refractivity contribution in [1.29, 1.82) is 0 Å². The molecule has 86 valence electrons. The summed E-state index contributed by atoms with van der Waals surface area (Å²) in [5.41, 5.74) is 0.943. The first-order valence-corrected chi connectivity index (χ1v) is 6.36. The Labute approximate surface area is 108 Å². The summed E-state index contributed by atoms with van der Waals surface area (Å²) in [6.07, 6.45) is 1.67. The Bertz CT molecular complexity index is 609. The van der Waals surface area contributed by atoms with Crippen LogP contribution in [0.25, 0.3) is 10.4 Å². The molecule has 1 aromatic carbocycles. The summed E-state index contributed by atoms with van der Waals surface area (Å²) in [6.45, 7) is 4.08. The smallest absolute Gasteiger partial charge is 0.253 e. The Balaban J connectivity index is 2.57. The summed E-state index contributed by atoms with van der Waals surface area (Å²) >= 11 is 6.67. The fraction of sp³-hybridized carbons (Fsp3) is 0.0769. The third-order valence-corrected chi connectivity index (χ3v) is 3.75. The molecule has 0 amide bonds. The van der Waals surface area contributed by atoms with Crippen LogP contribution in [0.1, 0.15) is 0 Å². The fourth-order valence-electron chi connectivity index (χ4n) is 1.50. The molecule has 4 heteroatoms. The summed E-state index contributed by atoms with van der Waals surface area (Å²) in [5, 5.41) is 0. The fourth-order valence-corrected chi connectivity index (χ4v) is 2.81. The molecular formula is C13H11NOS2. The van der Waals surface area contributed by atoms with Crippen molar-refractivity contribution in [3.05, 3.63) is 63.4 Å². The largest absolute Gasteiger partial charge is 0.287 e. The van der Waals surface area contributed by atoms with Crippen molar-refractivity contribution < 1.29 is 0 Å². The van der Waals surface area contributed by atoms with E-state index in [0.29, 0.717) is 10.5 Å². The maximum absolute atomic E-state index is 11.9. The van der Waals surface area contributed by atoms with E-state index in [-0.39, 0.29) is 5.56 Å². The van der Waals surface area contributed by atoms with Crippen LogP contribution in [-0.4, -0.2) is 4.57 Å². The standard InChI is InChI=1S/C13H11NOS2/c1-2-8-14-12(15)9-11(17-13(14)16)10-6-4-3-5-7-10/h2-7,9H,1,8H2. The van der Waals surface area contributed by atoms with Crippen LogP contribution < -0.4 is 5.56 Å². The molecule has 0 atom stereocenters. The average molecular weight is 261 g/mol. The van der Waals surface area contributed by atoms with Crippen LogP contribution in [0, 0.1) is 3.95 Å². The van der Waals surface area contributed by atoms with Crippen molar-refractivity contribution in [3.63, 3.8) is 0 Å².